The predicted molar refractivity (Wildman–Crippen MR) is 52.9 cm³/mol. The maximum Gasteiger partial charge on any atom is 0.345 e. The molecule has 1 N–H and O–H groups in total. The number of rotatable bonds is 1. The van der Waals surface area contributed by atoms with Gasteiger partial charge in [0.05, 0.1) is 10.6 Å². The Kier molecular flexibility index (Phi) is 1.98. The fraction of sp³-hybridized carbons (Fsp3) is 0.111. The molecule has 2 heterocycles. The van der Waals surface area contributed by atoms with Gasteiger partial charge in [-0.3, -0.25) is 0 Å². The second-order valence-corrected chi connectivity index (χ2v) is 3.68. The highest BCUT2D eigenvalue weighted by molar-refractivity contribution is 7.13. The van der Waals surface area contributed by atoms with E-state index in [1.807, 2.05) is 30.5 Å². The van der Waals surface area contributed by atoms with Crippen LogP contribution in [0.1, 0.15) is 5.69 Å². The van der Waals surface area contributed by atoms with Crippen molar-refractivity contribution < 1.29 is 0 Å². The first kappa shape index (κ1) is 8.19. The molecule has 0 saturated heterocycles. The van der Waals surface area contributed by atoms with E-state index in [2.05, 4.69) is 9.97 Å². The summed E-state index contributed by atoms with van der Waals surface area (Å²) in [6.07, 6.45) is 0. The van der Waals surface area contributed by atoms with Gasteiger partial charge in [-0.15, -0.1) is 11.3 Å². The van der Waals surface area contributed by atoms with Crippen LogP contribution in [0.3, 0.4) is 0 Å². The Hall–Kier alpha value is -1.42. The van der Waals surface area contributed by atoms with Gasteiger partial charge in [-0.2, -0.15) is 4.98 Å². The molecule has 0 aliphatic carbocycles. The molecule has 0 aliphatic rings. The van der Waals surface area contributed by atoms with E-state index in [0.29, 0.717) is 0 Å². The van der Waals surface area contributed by atoms with E-state index in [1.54, 1.807) is 11.3 Å². The summed E-state index contributed by atoms with van der Waals surface area (Å²) in [6, 6.07) is 5.76. The van der Waals surface area contributed by atoms with Crippen molar-refractivity contribution in [2.45, 2.75) is 6.92 Å². The molecule has 0 aliphatic heterocycles. The highest BCUT2D eigenvalue weighted by atomic mass is 32.1. The van der Waals surface area contributed by atoms with Crippen LogP contribution in [0.4, 0.5) is 0 Å². The minimum atomic E-state index is -0.289. The number of nitrogens with zero attached hydrogens (tertiary/aromatic N) is 1. The molecule has 2 aromatic heterocycles. The van der Waals surface area contributed by atoms with Gasteiger partial charge < -0.3 is 4.98 Å². The SMILES string of the molecule is Cc1cc(-c2cccs2)nc(=O)[nH]1. The molecule has 0 aromatic carbocycles. The molecule has 0 amide bonds. The number of thiophene rings is 1. The molecule has 2 rings (SSSR count). The first-order chi connectivity index (χ1) is 6.25. The smallest absolute Gasteiger partial charge is 0.310 e. The second-order valence-electron chi connectivity index (χ2n) is 2.73. The van der Waals surface area contributed by atoms with Crippen LogP contribution in [-0.2, 0) is 0 Å². The van der Waals surface area contributed by atoms with Gasteiger partial charge in [0.1, 0.15) is 0 Å². The Balaban J connectivity index is 2.59. The van der Waals surface area contributed by atoms with Gasteiger partial charge in [0.25, 0.3) is 0 Å². The Morgan fingerprint density at radius 1 is 1.54 bits per heavy atom. The Morgan fingerprint density at radius 3 is 3.00 bits per heavy atom. The van der Waals surface area contributed by atoms with Crippen molar-refractivity contribution >= 4 is 11.3 Å². The molecule has 0 radical (unpaired) electrons. The molecule has 3 nitrogen and oxygen atoms in total. The van der Waals surface area contributed by atoms with Gasteiger partial charge in [-0.05, 0) is 24.4 Å². The highest BCUT2D eigenvalue weighted by Gasteiger charge is 2.01. The summed E-state index contributed by atoms with van der Waals surface area (Å²) < 4.78 is 0. The van der Waals surface area contributed by atoms with Crippen molar-refractivity contribution in [1.29, 1.82) is 0 Å². The molecule has 0 fully saturated rings. The van der Waals surface area contributed by atoms with Crippen molar-refractivity contribution in [3.8, 4) is 10.6 Å². The molecule has 0 spiro atoms. The van der Waals surface area contributed by atoms with Gasteiger partial charge in [0, 0.05) is 5.69 Å². The van der Waals surface area contributed by atoms with Crippen LogP contribution < -0.4 is 5.69 Å². The van der Waals surface area contributed by atoms with Crippen LogP contribution in [-0.4, -0.2) is 9.97 Å². The van der Waals surface area contributed by atoms with Crippen molar-refractivity contribution in [3.05, 3.63) is 39.8 Å². The average molecular weight is 192 g/mol. The summed E-state index contributed by atoms with van der Waals surface area (Å²) in [4.78, 5) is 18.6. The predicted octanol–water partition coefficient (Wildman–Crippen LogP) is 1.81. The maximum absolute atomic E-state index is 11.0. The molecule has 0 saturated carbocycles. The van der Waals surface area contributed by atoms with Crippen molar-refractivity contribution in [3.63, 3.8) is 0 Å². The van der Waals surface area contributed by atoms with E-state index in [9.17, 15) is 4.79 Å². The van der Waals surface area contributed by atoms with Gasteiger partial charge in [-0.1, -0.05) is 6.07 Å². The maximum atomic E-state index is 11.0. The number of aromatic amines is 1. The number of hydrogen-bond acceptors (Lipinski definition) is 3. The van der Waals surface area contributed by atoms with Crippen LogP contribution in [0.15, 0.2) is 28.4 Å². The van der Waals surface area contributed by atoms with Crippen LogP contribution >= 0.6 is 11.3 Å². The number of nitrogens with one attached hydrogen (secondary N) is 1. The monoisotopic (exact) mass is 192 g/mol. The first-order valence-corrected chi connectivity index (χ1v) is 4.75. The summed E-state index contributed by atoms with van der Waals surface area (Å²) in [7, 11) is 0. The summed E-state index contributed by atoms with van der Waals surface area (Å²) in [6.45, 7) is 1.85. The molecule has 0 unspecified atom stereocenters. The molecule has 0 atom stereocenters. The number of aryl methyl sites for hydroxylation is 1. The lowest BCUT2D eigenvalue weighted by Gasteiger charge is -1.96. The van der Waals surface area contributed by atoms with Gasteiger partial charge in [0.2, 0.25) is 0 Å². The third-order valence-electron chi connectivity index (χ3n) is 1.65. The first-order valence-electron chi connectivity index (χ1n) is 3.87. The van der Waals surface area contributed by atoms with Crippen molar-refractivity contribution in [2.75, 3.05) is 0 Å². The summed E-state index contributed by atoms with van der Waals surface area (Å²) >= 11 is 1.58. The highest BCUT2D eigenvalue weighted by Crippen LogP contribution is 2.21. The molecule has 4 heteroatoms. The zero-order chi connectivity index (χ0) is 9.26. The molecule has 2 aromatic rings. The van der Waals surface area contributed by atoms with Crippen LogP contribution in [0.25, 0.3) is 10.6 Å². The Bertz CT molecular complexity index is 459. The number of hydrogen-bond donors (Lipinski definition) is 1. The summed E-state index contributed by atoms with van der Waals surface area (Å²) in [5, 5.41) is 1.97. The van der Waals surface area contributed by atoms with Crippen LogP contribution in [0.5, 0.6) is 0 Å². The summed E-state index contributed by atoms with van der Waals surface area (Å²) in [5.41, 5.74) is 1.29. The molecular weight excluding hydrogens is 184 g/mol. The minimum absolute atomic E-state index is 0.289. The Labute approximate surface area is 79.1 Å². The third kappa shape index (κ3) is 1.67. The van der Waals surface area contributed by atoms with E-state index in [0.717, 1.165) is 16.3 Å². The van der Waals surface area contributed by atoms with Crippen LogP contribution in [0, 0.1) is 6.92 Å². The van der Waals surface area contributed by atoms with Crippen molar-refractivity contribution in [2.24, 2.45) is 0 Å². The molecule has 66 valence electrons. The molecular formula is C9H8N2OS. The van der Waals surface area contributed by atoms with E-state index >= 15 is 0 Å². The van der Waals surface area contributed by atoms with E-state index in [1.165, 1.54) is 0 Å². The second kappa shape index (κ2) is 3.14. The van der Waals surface area contributed by atoms with E-state index < -0.39 is 0 Å². The van der Waals surface area contributed by atoms with E-state index in [4.69, 9.17) is 0 Å². The zero-order valence-electron chi connectivity index (χ0n) is 7.07. The van der Waals surface area contributed by atoms with Gasteiger partial charge in [0.15, 0.2) is 0 Å². The normalized spacial score (nSPS) is 10.2. The number of H-pyrrole nitrogens is 1. The lowest BCUT2D eigenvalue weighted by atomic mass is 10.3. The van der Waals surface area contributed by atoms with Crippen molar-refractivity contribution in [1.82, 2.24) is 9.97 Å². The average Bonchev–Trinajstić information content (AvgIpc) is 2.53. The van der Waals surface area contributed by atoms with Crippen LogP contribution in [0.2, 0.25) is 0 Å². The summed E-state index contributed by atoms with van der Waals surface area (Å²) in [5.74, 6) is 0. The molecule has 13 heavy (non-hydrogen) atoms. The zero-order valence-corrected chi connectivity index (χ0v) is 7.89. The third-order valence-corrected chi connectivity index (χ3v) is 2.55. The minimum Gasteiger partial charge on any atom is -0.310 e. The Morgan fingerprint density at radius 2 is 2.38 bits per heavy atom. The quantitative estimate of drug-likeness (QED) is 0.749. The standard InChI is InChI=1S/C9H8N2OS/c1-6-5-7(11-9(12)10-6)8-3-2-4-13-8/h2-5H,1H3,(H,10,11,12). The number of aromatic nitrogens is 2. The van der Waals surface area contributed by atoms with Gasteiger partial charge in [-0.25, -0.2) is 4.79 Å². The largest absolute Gasteiger partial charge is 0.345 e. The fourth-order valence-corrected chi connectivity index (χ4v) is 1.82. The van der Waals surface area contributed by atoms with E-state index in [-0.39, 0.29) is 5.69 Å². The lowest BCUT2D eigenvalue weighted by molar-refractivity contribution is 1.03. The topological polar surface area (TPSA) is 45.8 Å². The molecule has 0 bridgehead atoms. The lowest BCUT2D eigenvalue weighted by Crippen LogP contribution is -2.11. The fourth-order valence-electron chi connectivity index (χ4n) is 1.13. The van der Waals surface area contributed by atoms with Gasteiger partial charge >= 0.3 is 5.69 Å².